The summed E-state index contributed by atoms with van der Waals surface area (Å²) in [7, 11) is 0. The number of hydrogen-bond donors (Lipinski definition) is 2. The van der Waals surface area contributed by atoms with Gasteiger partial charge in [-0.05, 0) is 37.0 Å². The van der Waals surface area contributed by atoms with E-state index in [-0.39, 0.29) is 18.4 Å². The summed E-state index contributed by atoms with van der Waals surface area (Å²) in [6, 6.07) is 7.64. The molecule has 0 radical (unpaired) electrons. The van der Waals surface area contributed by atoms with Crippen LogP contribution < -0.4 is 10.2 Å². The molecule has 0 atom stereocenters. The van der Waals surface area contributed by atoms with Crippen LogP contribution in [0.25, 0.3) is 0 Å². The first kappa shape index (κ1) is 16.4. The largest absolute Gasteiger partial charge is 0.396 e. The number of carbonyl (C=O) groups is 1. The van der Waals surface area contributed by atoms with E-state index < -0.39 is 0 Å². The van der Waals surface area contributed by atoms with Crippen LogP contribution in [0.2, 0.25) is 0 Å². The number of aromatic nitrogens is 2. The first-order valence-electron chi connectivity index (χ1n) is 8.28. The smallest absolute Gasteiger partial charge is 0.227 e. The van der Waals surface area contributed by atoms with Crippen LogP contribution >= 0.6 is 0 Å². The van der Waals surface area contributed by atoms with Crippen molar-refractivity contribution in [2.24, 2.45) is 5.92 Å². The van der Waals surface area contributed by atoms with Crippen LogP contribution in [-0.2, 0) is 11.2 Å². The molecule has 0 saturated carbocycles. The van der Waals surface area contributed by atoms with Crippen LogP contribution in [-0.4, -0.2) is 40.7 Å². The van der Waals surface area contributed by atoms with Gasteiger partial charge < -0.3 is 15.3 Å². The molecule has 6 nitrogen and oxygen atoms in total. The molecule has 6 heteroatoms. The Morgan fingerprint density at radius 1 is 1.21 bits per heavy atom. The molecular weight excluding hydrogens is 304 g/mol. The van der Waals surface area contributed by atoms with E-state index in [4.69, 9.17) is 5.11 Å². The lowest BCUT2D eigenvalue weighted by Gasteiger charge is -2.31. The van der Waals surface area contributed by atoms with Crippen LogP contribution in [0.5, 0.6) is 0 Å². The summed E-state index contributed by atoms with van der Waals surface area (Å²) in [6.45, 7) is 1.76. The third-order valence-electron chi connectivity index (χ3n) is 4.36. The fourth-order valence-electron chi connectivity index (χ4n) is 2.95. The van der Waals surface area contributed by atoms with E-state index in [0.29, 0.717) is 6.42 Å². The summed E-state index contributed by atoms with van der Waals surface area (Å²) in [5.41, 5.74) is 1.87. The van der Waals surface area contributed by atoms with E-state index >= 15 is 0 Å². The normalized spacial score (nSPS) is 15.3. The highest BCUT2D eigenvalue weighted by molar-refractivity contribution is 5.92. The van der Waals surface area contributed by atoms with Gasteiger partial charge in [0.2, 0.25) is 5.91 Å². The minimum Gasteiger partial charge on any atom is -0.396 e. The molecule has 2 N–H and O–H groups in total. The van der Waals surface area contributed by atoms with Gasteiger partial charge in [-0.3, -0.25) is 9.78 Å². The summed E-state index contributed by atoms with van der Waals surface area (Å²) in [5.74, 6) is 0.967. The first-order valence-corrected chi connectivity index (χ1v) is 8.28. The predicted molar refractivity (Wildman–Crippen MR) is 92.8 cm³/mol. The van der Waals surface area contributed by atoms with E-state index in [9.17, 15) is 4.79 Å². The molecule has 2 heterocycles. The van der Waals surface area contributed by atoms with Gasteiger partial charge in [-0.25, -0.2) is 4.98 Å². The first-order chi connectivity index (χ1) is 11.8. The molecule has 126 valence electrons. The molecule has 24 heavy (non-hydrogen) atoms. The predicted octanol–water partition coefficient (Wildman–Crippen LogP) is 1.87. The SMILES string of the molecule is O=C(Nc1ccc(CCO)cc1)C1CCN(c2cnccn2)CC1. The van der Waals surface area contributed by atoms with Crippen molar-refractivity contribution in [1.82, 2.24) is 9.97 Å². The van der Waals surface area contributed by atoms with Crippen molar-refractivity contribution in [2.45, 2.75) is 19.3 Å². The second-order valence-electron chi connectivity index (χ2n) is 5.98. The van der Waals surface area contributed by atoms with E-state index in [0.717, 1.165) is 43.0 Å². The quantitative estimate of drug-likeness (QED) is 0.877. The maximum atomic E-state index is 12.4. The Bertz CT molecular complexity index is 652. The van der Waals surface area contributed by atoms with E-state index in [1.54, 1.807) is 18.6 Å². The number of piperidine rings is 1. The number of aliphatic hydroxyl groups excluding tert-OH is 1. The highest BCUT2D eigenvalue weighted by Gasteiger charge is 2.25. The minimum absolute atomic E-state index is 0.0232. The van der Waals surface area contributed by atoms with Gasteiger partial charge in [-0.15, -0.1) is 0 Å². The third-order valence-corrected chi connectivity index (χ3v) is 4.36. The average Bonchev–Trinajstić information content (AvgIpc) is 2.64. The van der Waals surface area contributed by atoms with Gasteiger partial charge in [0.1, 0.15) is 5.82 Å². The van der Waals surface area contributed by atoms with Crippen LogP contribution in [0.3, 0.4) is 0 Å². The molecule has 0 spiro atoms. The number of nitrogens with one attached hydrogen (secondary N) is 1. The van der Waals surface area contributed by atoms with Crippen molar-refractivity contribution in [2.75, 3.05) is 29.9 Å². The summed E-state index contributed by atoms with van der Waals surface area (Å²) < 4.78 is 0. The van der Waals surface area contributed by atoms with Crippen LogP contribution in [0.1, 0.15) is 18.4 Å². The topological polar surface area (TPSA) is 78.4 Å². The minimum atomic E-state index is 0.0232. The van der Waals surface area contributed by atoms with Crippen LogP contribution in [0, 0.1) is 5.92 Å². The number of aliphatic hydroxyl groups is 1. The lowest BCUT2D eigenvalue weighted by Crippen LogP contribution is -2.38. The number of amides is 1. The van der Waals surface area contributed by atoms with Gasteiger partial charge in [0.15, 0.2) is 0 Å². The second kappa shape index (κ2) is 7.88. The highest BCUT2D eigenvalue weighted by Crippen LogP contribution is 2.22. The van der Waals surface area contributed by atoms with Crippen LogP contribution in [0.4, 0.5) is 11.5 Å². The molecule has 0 bridgehead atoms. The molecule has 3 rings (SSSR count). The summed E-state index contributed by atoms with van der Waals surface area (Å²) in [4.78, 5) is 23.0. The summed E-state index contributed by atoms with van der Waals surface area (Å²) in [6.07, 6.45) is 7.36. The Labute approximate surface area is 141 Å². The Balaban J connectivity index is 1.51. The van der Waals surface area contributed by atoms with E-state index in [1.165, 1.54) is 0 Å². The molecule has 1 aliphatic rings. The monoisotopic (exact) mass is 326 g/mol. The highest BCUT2D eigenvalue weighted by atomic mass is 16.3. The summed E-state index contributed by atoms with van der Waals surface area (Å²) in [5, 5.41) is 11.9. The van der Waals surface area contributed by atoms with E-state index in [2.05, 4.69) is 20.2 Å². The molecule has 1 amide bonds. The zero-order valence-corrected chi connectivity index (χ0v) is 13.6. The number of rotatable bonds is 5. The second-order valence-corrected chi connectivity index (χ2v) is 5.98. The Morgan fingerprint density at radius 3 is 2.58 bits per heavy atom. The fourth-order valence-corrected chi connectivity index (χ4v) is 2.95. The molecule has 1 fully saturated rings. The standard InChI is InChI=1S/C18H22N4O2/c23-12-7-14-1-3-16(4-2-14)21-18(24)15-5-10-22(11-6-15)17-13-19-8-9-20-17/h1-4,8-9,13,15,23H,5-7,10-12H2,(H,21,24). The maximum absolute atomic E-state index is 12.4. The molecule has 1 aromatic heterocycles. The number of nitrogens with zero attached hydrogens (tertiary/aromatic N) is 3. The number of hydrogen-bond acceptors (Lipinski definition) is 5. The molecule has 1 aromatic carbocycles. The van der Waals surface area contributed by atoms with E-state index in [1.807, 2.05) is 24.3 Å². The van der Waals surface area contributed by atoms with Gasteiger partial charge in [-0.2, -0.15) is 0 Å². The zero-order valence-electron chi connectivity index (χ0n) is 13.6. The van der Waals surface area contributed by atoms with Gasteiger partial charge in [-0.1, -0.05) is 12.1 Å². The van der Waals surface area contributed by atoms with Gasteiger partial charge in [0.05, 0.1) is 6.20 Å². The van der Waals surface area contributed by atoms with Gasteiger partial charge >= 0.3 is 0 Å². The molecule has 0 unspecified atom stereocenters. The van der Waals surface area contributed by atoms with Gasteiger partial charge in [0, 0.05) is 43.7 Å². The zero-order chi connectivity index (χ0) is 16.8. The third kappa shape index (κ3) is 4.08. The van der Waals surface area contributed by atoms with Crippen molar-refractivity contribution < 1.29 is 9.90 Å². The average molecular weight is 326 g/mol. The lowest BCUT2D eigenvalue weighted by molar-refractivity contribution is -0.120. The van der Waals surface area contributed by atoms with Crippen molar-refractivity contribution in [3.8, 4) is 0 Å². The molecule has 1 saturated heterocycles. The lowest BCUT2D eigenvalue weighted by atomic mass is 9.96. The van der Waals surface area contributed by atoms with Gasteiger partial charge in [0.25, 0.3) is 0 Å². The van der Waals surface area contributed by atoms with Crippen molar-refractivity contribution in [3.05, 3.63) is 48.4 Å². The number of benzene rings is 1. The van der Waals surface area contributed by atoms with Crippen LogP contribution in [0.15, 0.2) is 42.9 Å². The molecular formula is C18H22N4O2. The van der Waals surface area contributed by atoms with Crippen molar-refractivity contribution in [3.63, 3.8) is 0 Å². The Kier molecular flexibility index (Phi) is 5.38. The molecule has 0 aliphatic carbocycles. The molecule has 2 aromatic rings. The Morgan fingerprint density at radius 2 is 1.96 bits per heavy atom. The summed E-state index contributed by atoms with van der Waals surface area (Å²) >= 11 is 0. The van der Waals surface area contributed by atoms with Crippen molar-refractivity contribution >= 4 is 17.4 Å². The Hall–Kier alpha value is -2.47. The number of anilines is 2. The van der Waals surface area contributed by atoms with Crippen molar-refractivity contribution in [1.29, 1.82) is 0 Å². The fraction of sp³-hybridized carbons (Fsp3) is 0.389. The maximum Gasteiger partial charge on any atom is 0.227 e. The molecule has 1 aliphatic heterocycles. The number of carbonyl (C=O) groups excluding carboxylic acids is 1.